The Bertz CT molecular complexity index is 528. The summed E-state index contributed by atoms with van der Waals surface area (Å²) in [6.07, 6.45) is -2.71. The molecule has 108 valence electrons. The van der Waals surface area contributed by atoms with E-state index in [1.807, 2.05) is 0 Å². The molecule has 6 nitrogen and oxygen atoms in total. The molecular weight excluding hydrogens is 262 g/mol. The van der Waals surface area contributed by atoms with Crippen LogP contribution in [0.3, 0.4) is 0 Å². The first kappa shape index (κ1) is 14.5. The van der Waals surface area contributed by atoms with Crippen molar-refractivity contribution < 1.29 is 24.5 Å². The minimum absolute atomic E-state index is 0.145. The number of rotatable bonds is 5. The zero-order valence-corrected chi connectivity index (χ0v) is 11.1. The molecule has 0 aliphatic carbocycles. The first-order valence-corrected chi connectivity index (χ1v) is 6.45. The smallest absolute Gasteiger partial charge is 0.308 e. The highest BCUT2D eigenvalue weighted by atomic mass is 16.5. The Morgan fingerprint density at radius 3 is 2.90 bits per heavy atom. The van der Waals surface area contributed by atoms with Gasteiger partial charge in [0.1, 0.15) is 6.10 Å². The van der Waals surface area contributed by atoms with Crippen molar-refractivity contribution in [3.05, 3.63) is 34.9 Å². The number of hydrogen-bond donors (Lipinski definition) is 3. The van der Waals surface area contributed by atoms with Crippen LogP contribution in [0, 0.1) is 0 Å². The van der Waals surface area contributed by atoms with Gasteiger partial charge < -0.3 is 20.3 Å². The second kappa shape index (κ2) is 6.02. The van der Waals surface area contributed by atoms with Gasteiger partial charge in [-0.15, -0.1) is 0 Å². The summed E-state index contributed by atoms with van der Waals surface area (Å²) in [5.74, 6) is -0.704. The van der Waals surface area contributed by atoms with E-state index in [-0.39, 0.29) is 18.9 Å². The van der Waals surface area contributed by atoms with Gasteiger partial charge in [0.15, 0.2) is 0 Å². The normalized spacial score (nSPS) is 16.2. The maximum Gasteiger partial charge on any atom is 0.308 e. The lowest BCUT2D eigenvalue weighted by atomic mass is 9.98. The molecule has 1 aromatic carbocycles. The average molecular weight is 279 g/mol. The molecule has 2 atom stereocenters. The van der Waals surface area contributed by atoms with Crippen LogP contribution in [0.4, 0.5) is 0 Å². The molecule has 1 aliphatic rings. The molecule has 0 radical (unpaired) electrons. The SMILES string of the molecule is CCOC(=O)CC(O)C(O)c1ccc2c(c1)CNC2=O. The zero-order chi connectivity index (χ0) is 14.7. The van der Waals surface area contributed by atoms with E-state index in [0.717, 1.165) is 5.56 Å². The summed E-state index contributed by atoms with van der Waals surface area (Å²) in [5.41, 5.74) is 1.81. The van der Waals surface area contributed by atoms with Crippen molar-refractivity contribution in [1.82, 2.24) is 5.32 Å². The summed E-state index contributed by atoms with van der Waals surface area (Å²) >= 11 is 0. The minimum Gasteiger partial charge on any atom is -0.466 e. The van der Waals surface area contributed by atoms with Gasteiger partial charge in [0, 0.05) is 12.1 Å². The molecule has 2 unspecified atom stereocenters. The number of nitrogens with one attached hydrogen (secondary N) is 1. The van der Waals surface area contributed by atoms with E-state index in [4.69, 9.17) is 4.74 Å². The monoisotopic (exact) mass is 279 g/mol. The second-order valence-electron chi connectivity index (χ2n) is 4.62. The summed E-state index contributed by atoms with van der Waals surface area (Å²) in [4.78, 5) is 22.7. The number of fused-ring (bicyclic) bond motifs is 1. The van der Waals surface area contributed by atoms with Gasteiger partial charge in [-0.3, -0.25) is 9.59 Å². The van der Waals surface area contributed by atoms with Gasteiger partial charge in [0.2, 0.25) is 0 Å². The van der Waals surface area contributed by atoms with Gasteiger partial charge in [-0.2, -0.15) is 0 Å². The van der Waals surface area contributed by atoms with Gasteiger partial charge in [0.05, 0.1) is 19.1 Å². The molecule has 2 rings (SSSR count). The predicted octanol–water partition coefficient (Wildman–Crippen LogP) is 0.278. The fraction of sp³-hybridized carbons (Fsp3) is 0.429. The molecule has 0 saturated carbocycles. The number of ether oxygens (including phenoxy) is 1. The molecule has 0 fully saturated rings. The van der Waals surface area contributed by atoms with Crippen molar-refractivity contribution in [3.8, 4) is 0 Å². The van der Waals surface area contributed by atoms with Crippen LogP contribution in [-0.2, 0) is 16.1 Å². The summed E-state index contributed by atoms with van der Waals surface area (Å²) in [6.45, 7) is 2.31. The summed E-state index contributed by atoms with van der Waals surface area (Å²) in [5, 5.41) is 22.5. The minimum atomic E-state index is -1.24. The molecule has 3 N–H and O–H groups in total. The third-order valence-corrected chi connectivity index (χ3v) is 3.20. The number of carbonyl (C=O) groups excluding carboxylic acids is 2. The number of aliphatic hydroxyl groups is 2. The predicted molar refractivity (Wildman–Crippen MR) is 69.8 cm³/mol. The summed E-state index contributed by atoms with van der Waals surface area (Å²) in [7, 11) is 0. The van der Waals surface area contributed by atoms with Crippen LogP contribution in [0.5, 0.6) is 0 Å². The number of aliphatic hydroxyl groups excluding tert-OH is 2. The Balaban J connectivity index is 2.07. The molecule has 1 aliphatic heterocycles. The van der Waals surface area contributed by atoms with E-state index < -0.39 is 18.2 Å². The summed E-state index contributed by atoms with van der Waals surface area (Å²) in [6, 6.07) is 4.84. The van der Waals surface area contributed by atoms with E-state index in [0.29, 0.717) is 17.7 Å². The maximum absolute atomic E-state index is 11.4. The Kier molecular flexibility index (Phi) is 4.36. The van der Waals surface area contributed by atoms with Crippen LogP contribution < -0.4 is 5.32 Å². The molecule has 6 heteroatoms. The molecule has 0 spiro atoms. The largest absolute Gasteiger partial charge is 0.466 e. The number of esters is 1. The average Bonchev–Trinajstić information content (AvgIpc) is 2.79. The molecular formula is C14H17NO5. The van der Waals surface area contributed by atoms with Gasteiger partial charge in [-0.25, -0.2) is 0 Å². The van der Waals surface area contributed by atoms with Crippen LogP contribution >= 0.6 is 0 Å². The van der Waals surface area contributed by atoms with Crippen LogP contribution in [0.15, 0.2) is 18.2 Å². The number of carbonyl (C=O) groups is 2. The third kappa shape index (κ3) is 2.97. The van der Waals surface area contributed by atoms with E-state index in [9.17, 15) is 19.8 Å². The van der Waals surface area contributed by atoms with E-state index in [1.54, 1.807) is 25.1 Å². The summed E-state index contributed by atoms with van der Waals surface area (Å²) < 4.78 is 4.72. The lowest BCUT2D eigenvalue weighted by molar-refractivity contribution is -0.147. The van der Waals surface area contributed by atoms with Crippen molar-refractivity contribution >= 4 is 11.9 Å². The number of amides is 1. The molecule has 0 saturated heterocycles. The van der Waals surface area contributed by atoms with Crippen molar-refractivity contribution in [2.24, 2.45) is 0 Å². The Morgan fingerprint density at radius 1 is 1.45 bits per heavy atom. The quantitative estimate of drug-likeness (QED) is 0.673. The fourth-order valence-electron chi connectivity index (χ4n) is 2.16. The standard InChI is InChI=1S/C14H17NO5/c1-2-20-12(17)6-11(16)13(18)8-3-4-10-9(5-8)7-15-14(10)19/h3-5,11,13,16,18H,2,6-7H2,1H3,(H,15,19). The Morgan fingerprint density at radius 2 is 2.20 bits per heavy atom. The Labute approximate surface area is 116 Å². The van der Waals surface area contributed by atoms with E-state index in [2.05, 4.69) is 5.32 Å². The number of hydrogen-bond acceptors (Lipinski definition) is 5. The van der Waals surface area contributed by atoms with Crippen LogP contribution in [-0.4, -0.2) is 34.8 Å². The fourth-order valence-corrected chi connectivity index (χ4v) is 2.16. The van der Waals surface area contributed by atoms with Gasteiger partial charge in [-0.1, -0.05) is 12.1 Å². The highest BCUT2D eigenvalue weighted by Crippen LogP contribution is 2.24. The first-order valence-electron chi connectivity index (χ1n) is 6.45. The van der Waals surface area contributed by atoms with Crippen LogP contribution in [0.25, 0.3) is 0 Å². The van der Waals surface area contributed by atoms with E-state index >= 15 is 0 Å². The van der Waals surface area contributed by atoms with Crippen molar-refractivity contribution in [2.75, 3.05) is 6.61 Å². The lowest BCUT2D eigenvalue weighted by Crippen LogP contribution is -2.23. The molecule has 1 heterocycles. The maximum atomic E-state index is 11.4. The van der Waals surface area contributed by atoms with Gasteiger partial charge >= 0.3 is 5.97 Å². The molecule has 0 aromatic heterocycles. The highest BCUT2D eigenvalue weighted by Gasteiger charge is 2.25. The Hall–Kier alpha value is -1.92. The molecule has 1 amide bonds. The zero-order valence-electron chi connectivity index (χ0n) is 11.1. The molecule has 0 bridgehead atoms. The number of benzene rings is 1. The van der Waals surface area contributed by atoms with Crippen LogP contribution in [0.2, 0.25) is 0 Å². The highest BCUT2D eigenvalue weighted by molar-refractivity contribution is 5.98. The first-order chi connectivity index (χ1) is 9.52. The topological polar surface area (TPSA) is 95.9 Å². The molecule has 1 aromatic rings. The van der Waals surface area contributed by atoms with Crippen molar-refractivity contribution in [2.45, 2.75) is 32.1 Å². The van der Waals surface area contributed by atoms with Gasteiger partial charge in [0.25, 0.3) is 5.91 Å². The molecule has 20 heavy (non-hydrogen) atoms. The van der Waals surface area contributed by atoms with Gasteiger partial charge in [-0.05, 0) is 24.1 Å². The van der Waals surface area contributed by atoms with E-state index in [1.165, 1.54) is 0 Å². The lowest BCUT2D eigenvalue weighted by Gasteiger charge is -2.18. The van der Waals surface area contributed by atoms with Crippen LogP contribution in [0.1, 0.15) is 40.9 Å². The second-order valence-corrected chi connectivity index (χ2v) is 4.62. The van der Waals surface area contributed by atoms with Crippen molar-refractivity contribution in [3.63, 3.8) is 0 Å². The van der Waals surface area contributed by atoms with Crippen molar-refractivity contribution in [1.29, 1.82) is 0 Å². The third-order valence-electron chi connectivity index (χ3n) is 3.20.